The highest BCUT2D eigenvalue weighted by molar-refractivity contribution is 7.81. The van der Waals surface area contributed by atoms with Crippen LogP contribution in [0.1, 0.15) is 11.1 Å². The van der Waals surface area contributed by atoms with Crippen LogP contribution >= 0.6 is 24.4 Å². The molecule has 2 aromatic rings. The summed E-state index contributed by atoms with van der Waals surface area (Å²) in [6.07, 6.45) is 0. The molecule has 0 atom stereocenters. The van der Waals surface area contributed by atoms with Crippen LogP contribution < -0.4 is 16.0 Å². The fourth-order valence-electron chi connectivity index (χ4n) is 1.75. The van der Waals surface area contributed by atoms with Crippen LogP contribution in [0.25, 0.3) is 0 Å². The third-order valence-corrected chi connectivity index (χ3v) is 3.31. The monoisotopic (exact) mass is 315 g/mol. The Labute approximate surface area is 135 Å². The molecule has 0 heterocycles. The third-order valence-electron chi connectivity index (χ3n) is 2.82. The molecule has 3 N–H and O–H groups in total. The van der Waals surface area contributed by atoms with Crippen molar-refractivity contribution in [3.63, 3.8) is 0 Å². The van der Waals surface area contributed by atoms with Crippen molar-refractivity contribution in [2.45, 2.75) is 13.1 Å². The normalized spacial score (nSPS) is 9.71. The van der Waals surface area contributed by atoms with Gasteiger partial charge >= 0.3 is 0 Å². The van der Waals surface area contributed by atoms with Crippen LogP contribution in [0, 0.1) is 0 Å². The van der Waals surface area contributed by atoms with E-state index in [0.29, 0.717) is 23.3 Å². The third kappa shape index (κ3) is 5.89. The standard InChI is InChI=1S/C16H17N3S2/c20-15(17-11-13-7-3-1-4-8-13)19-16(21)18-12-14-9-5-2-6-10-14/h1-10H,11-12H2,(H3,17,18,19,20,21). The van der Waals surface area contributed by atoms with E-state index in [1.807, 2.05) is 60.7 Å². The van der Waals surface area contributed by atoms with Gasteiger partial charge in [0.05, 0.1) is 0 Å². The van der Waals surface area contributed by atoms with Crippen molar-refractivity contribution < 1.29 is 0 Å². The van der Waals surface area contributed by atoms with Gasteiger partial charge < -0.3 is 16.0 Å². The molecule has 0 amide bonds. The zero-order chi connectivity index (χ0) is 14.9. The second-order valence-electron chi connectivity index (χ2n) is 4.46. The average Bonchev–Trinajstić information content (AvgIpc) is 2.53. The Hall–Kier alpha value is -1.98. The second kappa shape index (κ2) is 8.34. The van der Waals surface area contributed by atoms with Crippen molar-refractivity contribution in [1.82, 2.24) is 16.0 Å². The Kier molecular flexibility index (Phi) is 6.12. The van der Waals surface area contributed by atoms with E-state index >= 15 is 0 Å². The maximum atomic E-state index is 5.21. The summed E-state index contributed by atoms with van der Waals surface area (Å²) in [6, 6.07) is 20.1. The first-order chi connectivity index (χ1) is 10.2. The Morgan fingerprint density at radius 2 is 1.05 bits per heavy atom. The highest BCUT2D eigenvalue weighted by atomic mass is 32.1. The average molecular weight is 315 g/mol. The molecule has 2 rings (SSSR count). The molecule has 0 bridgehead atoms. The van der Waals surface area contributed by atoms with Crippen LogP contribution in [-0.4, -0.2) is 10.2 Å². The van der Waals surface area contributed by atoms with Gasteiger partial charge in [0.15, 0.2) is 10.2 Å². The van der Waals surface area contributed by atoms with Gasteiger partial charge in [0.2, 0.25) is 0 Å². The molecule has 0 unspecified atom stereocenters. The summed E-state index contributed by atoms with van der Waals surface area (Å²) in [5.74, 6) is 0. The first-order valence-electron chi connectivity index (χ1n) is 6.64. The first-order valence-corrected chi connectivity index (χ1v) is 7.46. The minimum atomic E-state index is 0.518. The smallest absolute Gasteiger partial charge is 0.172 e. The molecule has 21 heavy (non-hydrogen) atoms. The second-order valence-corrected chi connectivity index (χ2v) is 5.28. The fourth-order valence-corrected chi connectivity index (χ4v) is 2.16. The van der Waals surface area contributed by atoms with Crippen molar-refractivity contribution in [3.05, 3.63) is 71.8 Å². The zero-order valence-corrected chi connectivity index (χ0v) is 13.1. The van der Waals surface area contributed by atoms with Crippen LogP contribution in [0.2, 0.25) is 0 Å². The molecule has 0 aromatic heterocycles. The van der Waals surface area contributed by atoms with Crippen LogP contribution in [-0.2, 0) is 13.1 Å². The van der Waals surface area contributed by atoms with Gasteiger partial charge in [-0.1, -0.05) is 60.7 Å². The largest absolute Gasteiger partial charge is 0.358 e. The van der Waals surface area contributed by atoms with Gasteiger partial charge in [-0.05, 0) is 35.6 Å². The van der Waals surface area contributed by atoms with Gasteiger partial charge in [-0.15, -0.1) is 0 Å². The van der Waals surface area contributed by atoms with Gasteiger partial charge in [-0.2, -0.15) is 0 Å². The van der Waals surface area contributed by atoms with E-state index in [9.17, 15) is 0 Å². The topological polar surface area (TPSA) is 36.1 Å². The van der Waals surface area contributed by atoms with E-state index in [2.05, 4.69) is 16.0 Å². The highest BCUT2D eigenvalue weighted by Crippen LogP contribution is 1.98. The van der Waals surface area contributed by atoms with Gasteiger partial charge in [-0.3, -0.25) is 0 Å². The molecular formula is C16H17N3S2. The lowest BCUT2D eigenvalue weighted by molar-refractivity contribution is 0.877. The lowest BCUT2D eigenvalue weighted by Crippen LogP contribution is -2.43. The molecular weight excluding hydrogens is 298 g/mol. The molecule has 2 aromatic carbocycles. The predicted octanol–water partition coefficient (Wildman–Crippen LogP) is 2.73. The van der Waals surface area contributed by atoms with Crippen LogP contribution in [0.5, 0.6) is 0 Å². The Morgan fingerprint density at radius 3 is 1.43 bits per heavy atom. The van der Waals surface area contributed by atoms with Crippen molar-refractivity contribution in [1.29, 1.82) is 0 Å². The van der Waals surface area contributed by atoms with Gasteiger partial charge in [0, 0.05) is 13.1 Å². The predicted molar refractivity (Wildman–Crippen MR) is 94.9 cm³/mol. The number of benzene rings is 2. The van der Waals surface area contributed by atoms with Crippen LogP contribution in [0.15, 0.2) is 60.7 Å². The number of rotatable bonds is 4. The summed E-state index contributed by atoms with van der Waals surface area (Å²) in [5.41, 5.74) is 2.34. The fraction of sp³-hybridized carbons (Fsp3) is 0.125. The summed E-state index contributed by atoms with van der Waals surface area (Å²) in [7, 11) is 0. The maximum absolute atomic E-state index is 5.21. The molecule has 0 aliphatic rings. The van der Waals surface area contributed by atoms with E-state index in [1.54, 1.807) is 0 Å². The minimum absolute atomic E-state index is 0.518. The highest BCUT2D eigenvalue weighted by Gasteiger charge is 2.00. The molecule has 0 aliphatic heterocycles. The summed E-state index contributed by atoms with van der Waals surface area (Å²) >= 11 is 10.4. The van der Waals surface area contributed by atoms with E-state index in [1.165, 1.54) is 11.1 Å². The summed E-state index contributed by atoms with van der Waals surface area (Å²) in [5, 5.41) is 10.2. The summed E-state index contributed by atoms with van der Waals surface area (Å²) < 4.78 is 0. The molecule has 3 nitrogen and oxygen atoms in total. The lowest BCUT2D eigenvalue weighted by atomic mass is 10.2. The first kappa shape index (κ1) is 15.4. The van der Waals surface area contributed by atoms with Gasteiger partial charge in [0.1, 0.15) is 0 Å². The maximum Gasteiger partial charge on any atom is 0.172 e. The quantitative estimate of drug-likeness (QED) is 0.756. The number of hydrogen-bond acceptors (Lipinski definition) is 2. The van der Waals surface area contributed by atoms with Crippen molar-refractivity contribution >= 4 is 34.7 Å². The minimum Gasteiger partial charge on any atom is -0.358 e. The summed E-state index contributed by atoms with van der Waals surface area (Å²) in [4.78, 5) is 0. The SMILES string of the molecule is S=C(NCc1ccccc1)NC(=S)NCc1ccccc1. The Bertz CT molecular complexity index is 531. The molecule has 0 spiro atoms. The summed E-state index contributed by atoms with van der Waals surface area (Å²) in [6.45, 7) is 1.35. The van der Waals surface area contributed by atoms with E-state index in [4.69, 9.17) is 24.4 Å². The van der Waals surface area contributed by atoms with Crippen LogP contribution in [0.3, 0.4) is 0 Å². The lowest BCUT2D eigenvalue weighted by Gasteiger charge is -2.13. The zero-order valence-electron chi connectivity index (χ0n) is 11.5. The number of thiocarbonyl (C=S) groups is 2. The van der Waals surface area contributed by atoms with Crippen molar-refractivity contribution in [2.24, 2.45) is 0 Å². The van der Waals surface area contributed by atoms with E-state index < -0.39 is 0 Å². The van der Waals surface area contributed by atoms with Gasteiger partial charge in [0.25, 0.3) is 0 Å². The molecule has 0 fully saturated rings. The molecule has 0 saturated heterocycles. The number of nitrogens with one attached hydrogen (secondary N) is 3. The van der Waals surface area contributed by atoms with Gasteiger partial charge in [-0.25, -0.2) is 0 Å². The van der Waals surface area contributed by atoms with E-state index in [0.717, 1.165) is 0 Å². The Morgan fingerprint density at radius 1 is 0.667 bits per heavy atom. The number of hydrogen-bond donors (Lipinski definition) is 3. The van der Waals surface area contributed by atoms with Crippen LogP contribution in [0.4, 0.5) is 0 Å². The molecule has 0 radical (unpaired) electrons. The Balaban J connectivity index is 1.69. The molecule has 5 heteroatoms. The van der Waals surface area contributed by atoms with E-state index in [-0.39, 0.29) is 0 Å². The van der Waals surface area contributed by atoms with Crippen molar-refractivity contribution in [2.75, 3.05) is 0 Å². The molecule has 0 saturated carbocycles. The van der Waals surface area contributed by atoms with Crippen molar-refractivity contribution in [3.8, 4) is 0 Å². The molecule has 108 valence electrons. The molecule has 0 aliphatic carbocycles.